The molecule has 0 unspecified atom stereocenters. The average Bonchev–Trinajstić information content (AvgIpc) is 3.09. The van der Waals surface area contributed by atoms with E-state index in [0.717, 1.165) is 16.9 Å². The molecule has 0 spiro atoms. The van der Waals surface area contributed by atoms with Crippen molar-refractivity contribution in [1.29, 1.82) is 0 Å². The van der Waals surface area contributed by atoms with Gasteiger partial charge in [0, 0.05) is 11.2 Å². The van der Waals surface area contributed by atoms with Crippen LogP contribution in [0, 0.1) is 6.92 Å². The summed E-state index contributed by atoms with van der Waals surface area (Å²) >= 11 is 7.35. The third-order valence-electron chi connectivity index (χ3n) is 4.03. The summed E-state index contributed by atoms with van der Waals surface area (Å²) < 4.78 is 10.5. The van der Waals surface area contributed by atoms with Crippen molar-refractivity contribution in [3.05, 3.63) is 63.6 Å². The van der Waals surface area contributed by atoms with Gasteiger partial charge in [-0.2, -0.15) is 0 Å². The number of carbonyl (C=O) groups excluding carboxylic acids is 1. The second-order valence-corrected chi connectivity index (χ2v) is 7.38. The van der Waals surface area contributed by atoms with Crippen LogP contribution in [-0.4, -0.2) is 37.7 Å². The molecule has 1 aromatic heterocycles. The molecule has 0 saturated carbocycles. The molecule has 0 fully saturated rings. The molecule has 0 aliphatic carbocycles. The van der Waals surface area contributed by atoms with Crippen LogP contribution in [0.3, 0.4) is 0 Å². The molecule has 0 N–H and O–H groups in total. The summed E-state index contributed by atoms with van der Waals surface area (Å²) in [6, 6.07) is 12.8. The molecule has 0 saturated heterocycles. The van der Waals surface area contributed by atoms with E-state index in [-0.39, 0.29) is 12.3 Å². The van der Waals surface area contributed by atoms with E-state index in [0.29, 0.717) is 26.4 Å². The number of benzene rings is 2. The highest BCUT2D eigenvalue weighted by Gasteiger charge is 2.18. The van der Waals surface area contributed by atoms with Gasteiger partial charge in [0.15, 0.2) is 5.78 Å². The zero-order valence-corrected chi connectivity index (χ0v) is 17.3. The fourth-order valence-corrected chi connectivity index (χ4v) is 3.80. The Morgan fingerprint density at radius 3 is 2.61 bits per heavy atom. The molecule has 2 aromatic carbocycles. The van der Waals surface area contributed by atoms with Crippen molar-refractivity contribution in [3.63, 3.8) is 0 Å². The monoisotopic (exact) mass is 414 g/mol. The molecular weight excluding hydrogens is 396 g/mol. The number of Topliss-reactive ketones (excluding diaryl/α,β-unsaturated/α-hetero) is 1. The highest BCUT2D eigenvalue weighted by Crippen LogP contribution is 2.36. The minimum Gasteiger partial charge on any atom is -0.497 e. The second-order valence-electron chi connectivity index (χ2n) is 5.94. The first-order valence-corrected chi connectivity index (χ1v) is 9.69. The Balaban J connectivity index is 1.75. The first-order valence-electron chi connectivity index (χ1n) is 8.50. The number of rotatable bonds is 7. The molecule has 5 nitrogen and oxygen atoms in total. The summed E-state index contributed by atoms with van der Waals surface area (Å²) in [7, 11) is 3.20. The number of hydrogen-bond acceptors (Lipinski definition) is 6. The summed E-state index contributed by atoms with van der Waals surface area (Å²) in [6.45, 7) is 1.88. The fraction of sp³-hybridized carbons (Fsp3) is 0.190. The lowest BCUT2D eigenvalue weighted by Crippen LogP contribution is -2.03. The molecule has 1 heterocycles. The Bertz CT molecular complexity index is 1010. The number of thiazole rings is 1. The molecule has 0 amide bonds. The van der Waals surface area contributed by atoms with Crippen LogP contribution in [0.25, 0.3) is 10.6 Å². The van der Waals surface area contributed by atoms with Crippen molar-refractivity contribution in [2.75, 3.05) is 20.8 Å². The summed E-state index contributed by atoms with van der Waals surface area (Å²) in [5.74, 6) is 1.33. The quantitative estimate of drug-likeness (QED) is 0.399. The number of methoxy groups -OCH3 is 2. The molecule has 0 aliphatic heterocycles. The Morgan fingerprint density at radius 2 is 1.93 bits per heavy atom. The van der Waals surface area contributed by atoms with Crippen molar-refractivity contribution in [1.82, 2.24) is 4.98 Å². The Morgan fingerprint density at radius 1 is 1.18 bits per heavy atom. The number of ether oxygens (including phenoxy) is 2. The van der Waals surface area contributed by atoms with Gasteiger partial charge >= 0.3 is 0 Å². The number of halogens is 1. The number of nitrogens with zero attached hydrogens (tertiary/aromatic N) is 2. The van der Waals surface area contributed by atoms with Crippen LogP contribution in [0.5, 0.6) is 11.5 Å². The standard InChI is InChI=1S/C21H19ClN2O3S/c1-13-20(18(25)12-23-11-14-4-7-16(26-2)8-5-14)28-21(24-13)17-9-6-15(22)10-19(17)27-3/h4-11H,12H2,1-3H3. The molecular formula is C21H19ClN2O3S. The number of aryl methyl sites for hydroxylation is 1. The maximum Gasteiger partial charge on any atom is 0.196 e. The zero-order chi connectivity index (χ0) is 20.1. The second kappa shape index (κ2) is 8.99. The van der Waals surface area contributed by atoms with E-state index < -0.39 is 0 Å². The summed E-state index contributed by atoms with van der Waals surface area (Å²) in [5.41, 5.74) is 2.39. The van der Waals surface area contributed by atoms with Gasteiger partial charge in [0.1, 0.15) is 23.1 Å². The van der Waals surface area contributed by atoms with Crippen LogP contribution in [0.2, 0.25) is 5.02 Å². The molecule has 144 valence electrons. The highest BCUT2D eigenvalue weighted by atomic mass is 35.5. The summed E-state index contributed by atoms with van der Waals surface area (Å²) in [5, 5.41) is 1.30. The van der Waals surface area contributed by atoms with Crippen LogP contribution < -0.4 is 9.47 Å². The van der Waals surface area contributed by atoms with Crippen LogP contribution in [0.1, 0.15) is 20.9 Å². The van der Waals surface area contributed by atoms with Gasteiger partial charge in [-0.3, -0.25) is 9.79 Å². The number of carbonyl (C=O) groups is 1. The average molecular weight is 415 g/mol. The van der Waals surface area contributed by atoms with Gasteiger partial charge in [0.25, 0.3) is 0 Å². The minimum atomic E-state index is -0.0704. The number of aromatic nitrogens is 1. The lowest BCUT2D eigenvalue weighted by molar-refractivity contribution is 0.100. The van der Waals surface area contributed by atoms with E-state index in [2.05, 4.69) is 9.98 Å². The molecule has 7 heteroatoms. The van der Waals surface area contributed by atoms with Crippen LogP contribution in [0.4, 0.5) is 0 Å². The molecule has 0 atom stereocenters. The van der Waals surface area contributed by atoms with Crippen LogP contribution in [0.15, 0.2) is 47.5 Å². The number of ketones is 1. The molecule has 28 heavy (non-hydrogen) atoms. The van der Waals surface area contributed by atoms with Gasteiger partial charge in [-0.15, -0.1) is 11.3 Å². The van der Waals surface area contributed by atoms with Gasteiger partial charge in [-0.05, 0) is 55.0 Å². The maximum atomic E-state index is 12.6. The van der Waals surface area contributed by atoms with Gasteiger partial charge in [-0.25, -0.2) is 4.98 Å². The predicted octanol–water partition coefficient (Wildman–Crippen LogP) is 5.09. The Labute approximate surface area is 172 Å². The normalized spacial score (nSPS) is 11.0. The predicted molar refractivity (Wildman–Crippen MR) is 114 cm³/mol. The molecule has 0 aliphatic rings. The molecule has 3 aromatic rings. The Kier molecular flexibility index (Phi) is 6.44. The molecule has 3 rings (SSSR count). The summed E-state index contributed by atoms with van der Waals surface area (Å²) in [4.78, 5) is 22.0. The minimum absolute atomic E-state index is 0.0618. The van der Waals surface area contributed by atoms with Gasteiger partial charge in [-0.1, -0.05) is 11.6 Å². The van der Waals surface area contributed by atoms with Gasteiger partial charge in [0.2, 0.25) is 0 Å². The van der Waals surface area contributed by atoms with E-state index in [9.17, 15) is 4.79 Å². The number of hydrogen-bond donors (Lipinski definition) is 0. The largest absolute Gasteiger partial charge is 0.497 e. The Hall–Kier alpha value is -2.70. The van der Waals surface area contributed by atoms with Crippen molar-refractivity contribution in [2.45, 2.75) is 6.92 Å². The third kappa shape index (κ3) is 4.58. The van der Waals surface area contributed by atoms with E-state index in [4.69, 9.17) is 21.1 Å². The topological polar surface area (TPSA) is 60.8 Å². The first kappa shape index (κ1) is 20.0. The molecule has 0 bridgehead atoms. The van der Waals surface area contributed by atoms with Gasteiger partial charge < -0.3 is 9.47 Å². The van der Waals surface area contributed by atoms with Crippen molar-refractivity contribution in [2.24, 2.45) is 4.99 Å². The lowest BCUT2D eigenvalue weighted by Gasteiger charge is -2.05. The van der Waals surface area contributed by atoms with Gasteiger partial charge in [0.05, 0.1) is 30.4 Å². The van der Waals surface area contributed by atoms with Crippen molar-refractivity contribution < 1.29 is 14.3 Å². The van der Waals surface area contributed by atoms with Crippen LogP contribution in [-0.2, 0) is 0 Å². The van der Waals surface area contributed by atoms with E-state index >= 15 is 0 Å². The smallest absolute Gasteiger partial charge is 0.196 e. The SMILES string of the molecule is COc1ccc(C=NCC(=O)c2sc(-c3ccc(Cl)cc3OC)nc2C)cc1. The van der Waals surface area contributed by atoms with Crippen molar-refractivity contribution in [3.8, 4) is 22.1 Å². The van der Waals surface area contributed by atoms with Crippen LogP contribution >= 0.6 is 22.9 Å². The first-order chi connectivity index (χ1) is 13.5. The molecule has 0 radical (unpaired) electrons. The fourth-order valence-electron chi connectivity index (χ4n) is 2.61. The van der Waals surface area contributed by atoms with Crippen molar-refractivity contribution >= 4 is 34.9 Å². The number of aliphatic imine (C=N–C) groups is 1. The maximum absolute atomic E-state index is 12.6. The zero-order valence-electron chi connectivity index (χ0n) is 15.7. The summed E-state index contributed by atoms with van der Waals surface area (Å²) in [6.07, 6.45) is 1.68. The lowest BCUT2D eigenvalue weighted by atomic mass is 10.2. The van der Waals surface area contributed by atoms with E-state index in [1.807, 2.05) is 37.3 Å². The highest BCUT2D eigenvalue weighted by molar-refractivity contribution is 7.17. The third-order valence-corrected chi connectivity index (χ3v) is 5.50. The van der Waals surface area contributed by atoms with E-state index in [1.54, 1.807) is 32.6 Å². The van der Waals surface area contributed by atoms with E-state index in [1.165, 1.54) is 11.3 Å².